The molecule has 1 aliphatic carbocycles. The second-order valence-corrected chi connectivity index (χ2v) is 5.05. The molecular weight excluding hydrogens is 240 g/mol. The largest absolute Gasteiger partial charge is 0.377 e. The van der Waals surface area contributed by atoms with Crippen molar-refractivity contribution in [1.82, 2.24) is 20.2 Å². The molecule has 94 valence electrons. The molecular formula is C10H16N4O2S. The fraction of sp³-hybridized carbons (Fsp3) is 0.800. The third-order valence-electron chi connectivity index (χ3n) is 2.80. The summed E-state index contributed by atoms with van der Waals surface area (Å²) in [4.78, 5) is 11.3. The zero-order chi connectivity index (χ0) is 12.1. The van der Waals surface area contributed by atoms with E-state index in [1.54, 1.807) is 0 Å². The molecule has 1 heterocycles. The third-order valence-corrected chi connectivity index (χ3v) is 3.79. The number of carbonyl (C=O) groups excluding carboxylic acids is 1. The summed E-state index contributed by atoms with van der Waals surface area (Å²) in [7, 11) is 1.52. The zero-order valence-electron chi connectivity index (χ0n) is 9.83. The molecule has 0 spiro atoms. The molecule has 0 aromatic carbocycles. The molecule has 0 N–H and O–H groups in total. The number of thioether (sulfide) groups is 1. The molecule has 1 saturated carbocycles. The van der Waals surface area contributed by atoms with Gasteiger partial charge >= 0.3 is 0 Å². The van der Waals surface area contributed by atoms with Crippen molar-refractivity contribution in [2.45, 2.75) is 36.9 Å². The summed E-state index contributed by atoms with van der Waals surface area (Å²) in [6.45, 7) is 0.151. The summed E-state index contributed by atoms with van der Waals surface area (Å²) in [6.07, 6.45) is 4.73. The van der Waals surface area contributed by atoms with Crippen LogP contribution in [0.2, 0.25) is 0 Å². The van der Waals surface area contributed by atoms with Crippen LogP contribution in [0.15, 0.2) is 5.16 Å². The first-order chi connectivity index (χ1) is 8.31. The minimum atomic E-state index is 0.0541. The van der Waals surface area contributed by atoms with E-state index >= 15 is 0 Å². The molecule has 1 fully saturated rings. The predicted molar refractivity (Wildman–Crippen MR) is 62.9 cm³/mol. The van der Waals surface area contributed by atoms with Crippen LogP contribution >= 0.6 is 11.8 Å². The Kier molecular flexibility index (Phi) is 4.49. The van der Waals surface area contributed by atoms with Gasteiger partial charge in [0.25, 0.3) is 0 Å². The molecule has 1 aliphatic rings. The molecule has 0 aliphatic heterocycles. The topological polar surface area (TPSA) is 69.9 Å². The van der Waals surface area contributed by atoms with Crippen molar-refractivity contribution in [3.63, 3.8) is 0 Å². The van der Waals surface area contributed by atoms with Gasteiger partial charge in [-0.15, -0.1) is 5.10 Å². The second kappa shape index (κ2) is 6.11. The molecule has 2 rings (SSSR count). The molecule has 0 atom stereocenters. The van der Waals surface area contributed by atoms with Crippen LogP contribution < -0.4 is 0 Å². The molecule has 0 amide bonds. The summed E-state index contributed by atoms with van der Waals surface area (Å²) >= 11 is 1.39. The lowest BCUT2D eigenvalue weighted by Gasteiger charge is -2.10. The van der Waals surface area contributed by atoms with Gasteiger partial charge in [0.15, 0.2) is 5.78 Å². The average Bonchev–Trinajstić information content (AvgIpc) is 2.97. The number of aromatic nitrogens is 4. The van der Waals surface area contributed by atoms with E-state index in [0.717, 1.165) is 18.0 Å². The van der Waals surface area contributed by atoms with E-state index in [1.165, 1.54) is 31.7 Å². The van der Waals surface area contributed by atoms with Gasteiger partial charge in [0.1, 0.15) is 6.61 Å². The number of hydrogen-bond acceptors (Lipinski definition) is 6. The number of Topliss-reactive ketones (excluding diaryl/α,β-unsaturated/α-hetero) is 1. The van der Waals surface area contributed by atoms with Gasteiger partial charge in [-0.1, -0.05) is 24.6 Å². The molecule has 0 radical (unpaired) electrons. The molecule has 0 bridgehead atoms. The summed E-state index contributed by atoms with van der Waals surface area (Å²) in [5, 5.41) is 12.4. The molecule has 0 unspecified atom stereocenters. The van der Waals surface area contributed by atoms with E-state index in [4.69, 9.17) is 4.74 Å². The third kappa shape index (κ3) is 3.26. The van der Waals surface area contributed by atoms with E-state index in [2.05, 4.69) is 15.5 Å². The second-order valence-electron chi connectivity index (χ2n) is 4.10. The Morgan fingerprint density at radius 3 is 3.00 bits per heavy atom. The summed E-state index contributed by atoms with van der Waals surface area (Å²) in [5.74, 6) is 0.416. The Morgan fingerprint density at radius 2 is 2.29 bits per heavy atom. The van der Waals surface area contributed by atoms with Gasteiger partial charge in [0.05, 0.1) is 11.8 Å². The lowest BCUT2D eigenvalue weighted by atomic mass is 10.3. The number of nitrogens with zero attached hydrogens (tertiary/aromatic N) is 4. The van der Waals surface area contributed by atoms with Gasteiger partial charge in [-0.2, -0.15) is 0 Å². The monoisotopic (exact) mass is 256 g/mol. The lowest BCUT2D eigenvalue weighted by molar-refractivity contribution is -0.120. The quantitative estimate of drug-likeness (QED) is 0.710. The SMILES string of the molecule is COCC(=O)CSc1nnnn1C1CCCC1. The Morgan fingerprint density at radius 1 is 1.53 bits per heavy atom. The number of ketones is 1. The van der Waals surface area contributed by atoms with Crippen LogP contribution in [-0.2, 0) is 9.53 Å². The van der Waals surface area contributed by atoms with Gasteiger partial charge in [0, 0.05) is 7.11 Å². The molecule has 6 nitrogen and oxygen atoms in total. The zero-order valence-corrected chi connectivity index (χ0v) is 10.7. The van der Waals surface area contributed by atoms with Crippen LogP contribution in [0.4, 0.5) is 0 Å². The van der Waals surface area contributed by atoms with Crippen LogP contribution in [-0.4, -0.2) is 45.5 Å². The van der Waals surface area contributed by atoms with Crippen molar-refractivity contribution in [1.29, 1.82) is 0 Å². The number of tetrazole rings is 1. The Labute approximate surface area is 104 Å². The highest BCUT2D eigenvalue weighted by Crippen LogP contribution is 2.31. The van der Waals surface area contributed by atoms with Gasteiger partial charge in [-0.05, 0) is 23.3 Å². The van der Waals surface area contributed by atoms with Crippen molar-refractivity contribution in [2.24, 2.45) is 0 Å². The van der Waals surface area contributed by atoms with Crippen molar-refractivity contribution in [3.05, 3.63) is 0 Å². The first-order valence-electron chi connectivity index (χ1n) is 5.72. The van der Waals surface area contributed by atoms with E-state index in [1.807, 2.05) is 4.68 Å². The van der Waals surface area contributed by atoms with Crippen LogP contribution in [0.3, 0.4) is 0 Å². The maximum atomic E-state index is 11.3. The van der Waals surface area contributed by atoms with Crippen molar-refractivity contribution in [2.75, 3.05) is 19.5 Å². The summed E-state index contributed by atoms with van der Waals surface area (Å²) in [6, 6.07) is 0.407. The van der Waals surface area contributed by atoms with Crippen molar-refractivity contribution >= 4 is 17.5 Å². The number of rotatable bonds is 6. The maximum Gasteiger partial charge on any atom is 0.210 e. The number of methoxy groups -OCH3 is 1. The molecule has 17 heavy (non-hydrogen) atoms. The highest BCUT2D eigenvalue weighted by atomic mass is 32.2. The van der Waals surface area contributed by atoms with E-state index in [-0.39, 0.29) is 12.4 Å². The number of hydrogen-bond donors (Lipinski definition) is 0. The Hall–Kier alpha value is -0.950. The summed E-state index contributed by atoms with van der Waals surface area (Å²) in [5.41, 5.74) is 0. The Bertz CT molecular complexity index is 376. The van der Waals surface area contributed by atoms with Gasteiger partial charge in [0.2, 0.25) is 5.16 Å². The normalized spacial score (nSPS) is 16.5. The maximum absolute atomic E-state index is 11.3. The van der Waals surface area contributed by atoms with Crippen molar-refractivity contribution < 1.29 is 9.53 Å². The first kappa shape index (κ1) is 12.5. The predicted octanol–water partition coefficient (Wildman–Crippen LogP) is 1.10. The minimum Gasteiger partial charge on any atom is -0.377 e. The van der Waals surface area contributed by atoms with Crippen LogP contribution in [0.1, 0.15) is 31.7 Å². The summed E-state index contributed by atoms with van der Waals surface area (Å²) < 4.78 is 6.64. The lowest BCUT2D eigenvalue weighted by Crippen LogP contribution is -2.12. The highest BCUT2D eigenvalue weighted by Gasteiger charge is 2.21. The fourth-order valence-electron chi connectivity index (χ4n) is 2.01. The van der Waals surface area contributed by atoms with E-state index < -0.39 is 0 Å². The van der Waals surface area contributed by atoms with Crippen LogP contribution in [0, 0.1) is 0 Å². The smallest absolute Gasteiger partial charge is 0.210 e. The molecule has 7 heteroatoms. The van der Waals surface area contributed by atoms with Gasteiger partial charge in [-0.3, -0.25) is 4.79 Å². The number of ether oxygens (including phenoxy) is 1. The Balaban J connectivity index is 1.92. The molecule has 1 aromatic rings. The number of carbonyl (C=O) groups is 1. The fourth-order valence-corrected chi connectivity index (χ4v) is 2.79. The van der Waals surface area contributed by atoms with Crippen molar-refractivity contribution in [3.8, 4) is 0 Å². The molecule has 1 aromatic heterocycles. The van der Waals surface area contributed by atoms with Gasteiger partial charge < -0.3 is 4.74 Å². The minimum absolute atomic E-state index is 0.0541. The van der Waals surface area contributed by atoms with E-state index in [9.17, 15) is 4.79 Å². The standard InChI is InChI=1S/C10H16N4O2S/c1-16-6-9(15)7-17-10-11-12-13-14(10)8-4-2-3-5-8/h8H,2-7H2,1H3. The van der Waals surface area contributed by atoms with E-state index in [0.29, 0.717) is 11.8 Å². The highest BCUT2D eigenvalue weighted by molar-refractivity contribution is 7.99. The van der Waals surface area contributed by atoms with Crippen LogP contribution in [0.25, 0.3) is 0 Å². The first-order valence-corrected chi connectivity index (χ1v) is 6.71. The average molecular weight is 256 g/mol. The van der Waals surface area contributed by atoms with Gasteiger partial charge in [-0.25, -0.2) is 4.68 Å². The molecule has 0 saturated heterocycles. The van der Waals surface area contributed by atoms with Crippen LogP contribution in [0.5, 0.6) is 0 Å².